The number of piperidine rings is 3. The van der Waals surface area contributed by atoms with Gasteiger partial charge in [-0.15, -0.1) is 0 Å². The summed E-state index contributed by atoms with van der Waals surface area (Å²) in [5, 5.41) is 3.79. The summed E-state index contributed by atoms with van der Waals surface area (Å²) < 4.78 is 4.74. The van der Waals surface area contributed by atoms with Crippen LogP contribution in [0.4, 0.5) is 0 Å². The van der Waals surface area contributed by atoms with E-state index in [1.807, 2.05) is 0 Å². The zero-order chi connectivity index (χ0) is 13.9. The summed E-state index contributed by atoms with van der Waals surface area (Å²) in [5.41, 5.74) is 0. The molecule has 1 unspecified atom stereocenters. The minimum Gasteiger partial charge on any atom is -0.469 e. The Hall–Kier alpha value is -0.610. The van der Waals surface area contributed by atoms with Crippen LogP contribution in [0, 0.1) is 11.8 Å². The monoisotopic (exact) mass is 280 g/mol. The van der Waals surface area contributed by atoms with Gasteiger partial charge in [0.15, 0.2) is 0 Å². The van der Waals surface area contributed by atoms with Crippen molar-refractivity contribution in [1.82, 2.24) is 10.2 Å². The van der Waals surface area contributed by atoms with E-state index in [4.69, 9.17) is 4.74 Å². The van der Waals surface area contributed by atoms with Crippen LogP contribution in [0.3, 0.4) is 0 Å². The molecule has 20 heavy (non-hydrogen) atoms. The molecule has 114 valence electrons. The van der Waals surface area contributed by atoms with Crippen molar-refractivity contribution >= 4 is 5.97 Å². The summed E-state index contributed by atoms with van der Waals surface area (Å²) in [6, 6.07) is 1.43. The van der Waals surface area contributed by atoms with Crippen molar-refractivity contribution in [3.63, 3.8) is 0 Å². The number of nitrogens with zero attached hydrogens (tertiary/aromatic N) is 1. The van der Waals surface area contributed by atoms with Gasteiger partial charge < -0.3 is 10.1 Å². The normalized spacial score (nSPS) is 37.2. The van der Waals surface area contributed by atoms with Crippen LogP contribution in [0.1, 0.15) is 44.9 Å². The number of esters is 1. The van der Waals surface area contributed by atoms with Gasteiger partial charge in [-0.3, -0.25) is 9.69 Å². The highest BCUT2D eigenvalue weighted by Crippen LogP contribution is 2.39. The molecule has 3 aliphatic heterocycles. The number of hydrogen-bond acceptors (Lipinski definition) is 4. The molecule has 3 saturated heterocycles. The SMILES string of the molecule is COC(=O)CCCC1NC[C@H]2CCCN3CCC[C@H]1[C@H]23. The first kappa shape index (κ1) is 14.3. The van der Waals surface area contributed by atoms with Crippen LogP contribution in [0.15, 0.2) is 0 Å². The van der Waals surface area contributed by atoms with Crippen molar-refractivity contribution < 1.29 is 9.53 Å². The highest BCUT2D eigenvalue weighted by Gasteiger charge is 2.45. The quantitative estimate of drug-likeness (QED) is 0.797. The molecule has 3 aliphatic rings. The first-order valence-corrected chi connectivity index (χ1v) is 8.34. The first-order chi connectivity index (χ1) is 9.79. The van der Waals surface area contributed by atoms with E-state index in [9.17, 15) is 4.79 Å². The third-order valence-electron chi connectivity index (χ3n) is 5.63. The predicted molar refractivity (Wildman–Crippen MR) is 78.5 cm³/mol. The Bertz CT molecular complexity index is 339. The topological polar surface area (TPSA) is 41.6 Å². The number of rotatable bonds is 4. The van der Waals surface area contributed by atoms with Crippen molar-refractivity contribution in [1.29, 1.82) is 0 Å². The van der Waals surface area contributed by atoms with E-state index in [1.54, 1.807) is 0 Å². The molecule has 1 N–H and O–H groups in total. The fourth-order valence-electron chi connectivity index (χ4n) is 4.76. The van der Waals surface area contributed by atoms with Crippen LogP contribution in [-0.4, -0.2) is 49.7 Å². The molecular formula is C16H28N2O2. The molecule has 4 heteroatoms. The lowest BCUT2D eigenvalue weighted by Gasteiger charge is -2.54. The molecule has 0 spiro atoms. The Kier molecular flexibility index (Phi) is 4.61. The molecular weight excluding hydrogens is 252 g/mol. The van der Waals surface area contributed by atoms with Crippen LogP contribution in [0.2, 0.25) is 0 Å². The lowest BCUT2D eigenvalue weighted by molar-refractivity contribution is -0.140. The third-order valence-corrected chi connectivity index (χ3v) is 5.63. The highest BCUT2D eigenvalue weighted by atomic mass is 16.5. The smallest absolute Gasteiger partial charge is 0.305 e. The van der Waals surface area contributed by atoms with Gasteiger partial charge in [-0.1, -0.05) is 0 Å². The fraction of sp³-hybridized carbons (Fsp3) is 0.938. The van der Waals surface area contributed by atoms with Gasteiger partial charge in [-0.05, 0) is 70.0 Å². The molecule has 0 bridgehead atoms. The lowest BCUT2D eigenvalue weighted by Crippen LogP contribution is -2.63. The fourth-order valence-corrected chi connectivity index (χ4v) is 4.76. The largest absolute Gasteiger partial charge is 0.469 e. The molecule has 3 heterocycles. The summed E-state index contributed by atoms with van der Waals surface area (Å²) in [7, 11) is 1.48. The number of methoxy groups -OCH3 is 1. The van der Waals surface area contributed by atoms with Crippen LogP contribution in [-0.2, 0) is 9.53 Å². The Morgan fingerprint density at radius 2 is 2.10 bits per heavy atom. The van der Waals surface area contributed by atoms with Gasteiger partial charge >= 0.3 is 5.97 Å². The molecule has 0 aromatic heterocycles. The Morgan fingerprint density at radius 3 is 2.90 bits per heavy atom. The Labute approximate surface area is 122 Å². The summed E-state index contributed by atoms with van der Waals surface area (Å²) in [6.07, 6.45) is 8.15. The van der Waals surface area contributed by atoms with E-state index in [-0.39, 0.29) is 5.97 Å². The molecule has 0 amide bonds. The van der Waals surface area contributed by atoms with Crippen molar-refractivity contribution in [3.05, 3.63) is 0 Å². The second-order valence-electron chi connectivity index (χ2n) is 6.72. The van der Waals surface area contributed by atoms with Gasteiger partial charge in [0.25, 0.3) is 0 Å². The van der Waals surface area contributed by atoms with E-state index < -0.39 is 0 Å². The van der Waals surface area contributed by atoms with Crippen LogP contribution in [0.25, 0.3) is 0 Å². The second kappa shape index (κ2) is 6.44. The van der Waals surface area contributed by atoms with E-state index in [0.717, 1.165) is 30.7 Å². The number of ether oxygens (including phenoxy) is 1. The zero-order valence-corrected chi connectivity index (χ0v) is 12.6. The maximum atomic E-state index is 11.2. The number of nitrogens with one attached hydrogen (secondary N) is 1. The Morgan fingerprint density at radius 1 is 1.30 bits per heavy atom. The molecule has 3 rings (SSSR count). The maximum Gasteiger partial charge on any atom is 0.305 e. The molecule has 3 fully saturated rings. The van der Waals surface area contributed by atoms with Gasteiger partial charge in [0, 0.05) is 18.5 Å². The summed E-state index contributed by atoms with van der Waals surface area (Å²) in [5.74, 6) is 1.60. The van der Waals surface area contributed by atoms with E-state index in [2.05, 4.69) is 10.2 Å². The van der Waals surface area contributed by atoms with Crippen LogP contribution >= 0.6 is 0 Å². The van der Waals surface area contributed by atoms with Gasteiger partial charge in [-0.2, -0.15) is 0 Å². The second-order valence-corrected chi connectivity index (χ2v) is 6.72. The zero-order valence-electron chi connectivity index (χ0n) is 12.6. The predicted octanol–water partition coefficient (Wildman–Crippen LogP) is 1.79. The standard InChI is InChI=1S/C16H28N2O2/c1-20-15(19)8-2-7-14-13-6-4-10-18-9-3-5-12(11-17-14)16(13)18/h12-14,16-17H,2-11H2,1H3/t12-,13-,14?,16+/m1/s1. The minimum atomic E-state index is -0.0679. The summed E-state index contributed by atoms with van der Waals surface area (Å²) in [6.45, 7) is 3.81. The molecule has 0 saturated carbocycles. The summed E-state index contributed by atoms with van der Waals surface area (Å²) in [4.78, 5) is 14.0. The third kappa shape index (κ3) is 2.86. The van der Waals surface area contributed by atoms with Crippen molar-refractivity contribution in [3.8, 4) is 0 Å². The van der Waals surface area contributed by atoms with Crippen molar-refractivity contribution in [2.75, 3.05) is 26.7 Å². The van der Waals surface area contributed by atoms with Crippen LogP contribution in [0.5, 0.6) is 0 Å². The molecule has 0 radical (unpaired) electrons. The van der Waals surface area contributed by atoms with Crippen molar-refractivity contribution in [2.45, 2.75) is 57.0 Å². The number of carbonyl (C=O) groups is 1. The number of hydrogen-bond donors (Lipinski definition) is 1. The molecule has 0 aromatic rings. The molecule has 0 aliphatic carbocycles. The average Bonchev–Trinajstić information content (AvgIpc) is 2.50. The molecule has 4 nitrogen and oxygen atoms in total. The first-order valence-electron chi connectivity index (χ1n) is 8.34. The van der Waals surface area contributed by atoms with Gasteiger partial charge in [0.05, 0.1) is 7.11 Å². The van der Waals surface area contributed by atoms with Crippen molar-refractivity contribution in [2.24, 2.45) is 11.8 Å². The number of carbonyl (C=O) groups excluding carboxylic acids is 1. The molecule has 4 atom stereocenters. The average molecular weight is 280 g/mol. The van der Waals surface area contributed by atoms with Gasteiger partial charge in [0.1, 0.15) is 0 Å². The van der Waals surface area contributed by atoms with E-state index in [1.165, 1.54) is 52.4 Å². The Balaban J connectivity index is 1.58. The van der Waals surface area contributed by atoms with Gasteiger partial charge in [-0.25, -0.2) is 0 Å². The molecule has 0 aromatic carbocycles. The summed E-state index contributed by atoms with van der Waals surface area (Å²) >= 11 is 0. The van der Waals surface area contributed by atoms with Gasteiger partial charge in [0.2, 0.25) is 0 Å². The van der Waals surface area contributed by atoms with E-state index in [0.29, 0.717) is 12.5 Å². The maximum absolute atomic E-state index is 11.2. The van der Waals surface area contributed by atoms with E-state index >= 15 is 0 Å². The minimum absolute atomic E-state index is 0.0679. The van der Waals surface area contributed by atoms with Crippen LogP contribution < -0.4 is 5.32 Å². The highest BCUT2D eigenvalue weighted by molar-refractivity contribution is 5.68. The lowest BCUT2D eigenvalue weighted by atomic mass is 9.70.